The van der Waals surface area contributed by atoms with Crippen molar-refractivity contribution in [2.75, 3.05) is 29.6 Å². The number of carbonyl (C=O) groups is 3. The summed E-state index contributed by atoms with van der Waals surface area (Å²) in [6, 6.07) is 14.2. The zero-order valence-electron chi connectivity index (χ0n) is 16.0. The maximum atomic E-state index is 12.1. The minimum Gasteiger partial charge on any atom is -0.482 e. The Hall–Kier alpha value is -3.51. The number of aryl methyl sites for hydroxylation is 1. The number of rotatable bonds is 8. The first-order valence-electron chi connectivity index (χ1n) is 9.15. The molecule has 0 atom stereocenters. The van der Waals surface area contributed by atoms with Gasteiger partial charge in [0.25, 0.3) is 5.91 Å². The Balaban J connectivity index is 1.44. The van der Waals surface area contributed by atoms with Crippen molar-refractivity contribution in [2.45, 2.75) is 17.7 Å². The molecular formula is C21H19N3O5S. The number of fused-ring (bicyclic) bond motifs is 1. The van der Waals surface area contributed by atoms with Gasteiger partial charge in [-0.05, 0) is 42.3 Å². The van der Waals surface area contributed by atoms with Crippen LogP contribution in [0.2, 0.25) is 0 Å². The van der Waals surface area contributed by atoms with Crippen molar-refractivity contribution in [2.24, 2.45) is 0 Å². The largest absolute Gasteiger partial charge is 0.482 e. The van der Waals surface area contributed by atoms with Gasteiger partial charge < -0.3 is 20.1 Å². The third-order valence-electron chi connectivity index (χ3n) is 4.15. The highest BCUT2D eigenvalue weighted by Crippen LogP contribution is 2.27. The number of nitriles is 1. The van der Waals surface area contributed by atoms with Crippen molar-refractivity contribution in [3.05, 3.63) is 48.0 Å². The smallest absolute Gasteiger partial charge is 0.344 e. The van der Waals surface area contributed by atoms with Gasteiger partial charge in [0.2, 0.25) is 5.91 Å². The Morgan fingerprint density at radius 2 is 2.00 bits per heavy atom. The van der Waals surface area contributed by atoms with Gasteiger partial charge in [-0.1, -0.05) is 12.1 Å². The summed E-state index contributed by atoms with van der Waals surface area (Å²) in [4.78, 5) is 36.1. The van der Waals surface area contributed by atoms with Crippen LogP contribution < -0.4 is 15.4 Å². The summed E-state index contributed by atoms with van der Waals surface area (Å²) in [5.41, 5.74) is 2.23. The molecule has 1 aliphatic rings. The van der Waals surface area contributed by atoms with E-state index in [1.54, 1.807) is 42.5 Å². The number of nitrogens with zero attached hydrogens (tertiary/aromatic N) is 1. The van der Waals surface area contributed by atoms with Crippen LogP contribution in [0.4, 0.5) is 11.4 Å². The molecule has 154 valence electrons. The second kappa shape index (κ2) is 10.3. The number of benzene rings is 2. The fourth-order valence-corrected chi connectivity index (χ4v) is 3.44. The molecule has 0 unspecified atom stereocenters. The number of hydrogen-bond acceptors (Lipinski definition) is 7. The Bertz CT molecular complexity index is 1000. The van der Waals surface area contributed by atoms with Gasteiger partial charge in [0, 0.05) is 17.0 Å². The number of anilines is 2. The topological polar surface area (TPSA) is 118 Å². The average Bonchev–Trinajstić information content (AvgIpc) is 2.75. The maximum absolute atomic E-state index is 12.1. The van der Waals surface area contributed by atoms with Crippen LogP contribution in [-0.4, -0.2) is 36.8 Å². The predicted molar refractivity (Wildman–Crippen MR) is 111 cm³/mol. The molecule has 0 saturated carbocycles. The molecule has 0 bridgehead atoms. The standard InChI is InChI=1S/C21H19N3O5S/c22-9-10-30-18-4-2-1-3-17(18)24-20(26)12-29-21(27)13-28-15-6-7-16-14(11-15)5-8-19(25)23-16/h1-4,6-7,11H,5,8,10,12-13H2,(H,23,25)(H,24,26). The van der Waals surface area contributed by atoms with E-state index in [0.717, 1.165) is 16.1 Å². The second-order valence-electron chi connectivity index (χ2n) is 6.31. The summed E-state index contributed by atoms with van der Waals surface area (Å²) in [5.74, 6) is -0.450. The highest BCUT2D eigenvalue weighted by atomic mass is 32.2. The molecular weight excluding hydrogens is 406 g/mol. The van der Waals surface area contributed by atoms with E-state index in [0.29, 0.717) is 24.3 Å². The highest BCUT2D eigenvalue weighted by molar-refractivity contribution is 7.99. The van der Waals surface area contributed by atoms with Crippen LogP contribution in [-0.2, 0) is 25.5 Å². The van der Waals surface area contributed by atoms with Gasteiger partial charge in [0.05, 0.1) is 17.5 Å². The fourth-order valence-electron chi connectivity index (χ4n) is 2.77. The first-order chi connectivity index (χ1) is 14.5. The predicted octanol–water partition coefficient (Wildman–Crippen LogP) is 2.75. The monoisotopic (exact) mass is 425 g/mol. The molecule has 30 heavy (non-hydrogen) atoms. The number of carbonyl (C=O) groups excluding carboxylic acids is 3. The van der Waals surface area contributed by atoms with Gasteiger partial charge in [-0.3, -0.25) is 9.59 Å². The van der Waals surface area contributed by atoms with E-state index in [1.807, 2.05) is 6.07 Å². The Kier molecular flexibility index (Phi) is 7.29. The van der Waals surface area contributed by atoms with Crippen molar-refractivity contribution < 1.29 is 23.9 Å². The number of hydrogen-bond donors (Lipinski definition) is 2. The van der Waals surface area contributed by atoms with E-state index in [-0.39, 0.29) is 18.3 Å². The number of amides is 2. The van der Waals surface area contributed by atoms with Gasteiger partial charge >= 0.3 is 5.97 Å². The highest BCUT2D eigenvalue weighted by Gasteiger charge is 2.16. The average molecular weight is 425 g/mol. The van der Waals surface area contributed by atoms with E-state index in [9.17, 15) is 14.4 Å². The van der Waals surface area contributed by atoms with Crippen LogP contribution in [0.3, 0.4) is 0 Å². The molecule has 0 fully saturated rings. The van der Waals surface area contributed by atoms with Crippen LogP contribution >= 0.6 is 11.8 Å². The number of para-hydroxylation sites is 1. The summed E-state index contributed by atoms with van der Waals surface area (Å²) in [5, 5.41) is 14.1. The van der Waals surface area contributed by atoms with Gasteiger partial charge in [-0.15, -0.1) is 11.8 Å². The lowest BCUT2D eigenvalue weighted by Gasteiger charge is -2.17. The third-order valence-corrected chi connectivity index (χ3v) is 5.09. The number of nitrogens with one attached hydrogen (secondary N) is 2. The Morgan fingerprint density at radius 1 is 1.17 bits per heavy atom. The van der Waals surface area contributed by atoms with Crippen molar-refractivity contribution in [3.8, 4) is 11.8 Å². The summed E-state index contributed by atoms with van der Waals surface area (Å²) in [6.45, 7) is -0.789. The van der Waals surface area contributed by atoms with Gasteiger partial charge in [0.1, 0.15) is 5.75 Å². The maximum Gasteiger partial charge on any atom is 0.344 e. The molecule has 0 aromatic heterocycles. The summed E-state index contributed by atoms with van der Waals surface area (Å²) >= 11 is 1.30. The fraction of sp³-hybridized carbons (Fsp3) is 0.238. The molecule has 9 heteroatoms. The molecule has 3 rings (SSSR count). The second-order valence-corrected chi connectivity index (χ2v) is 7.32. The van der Waals surface area contributed by atoms with Crippen molar-refractivity contribution in [1.29, 1.82) is 5.26 Å². The van der Waals surface area contributed by atoms with E-state index in [2.05, 4.69) is 10.6 Å². The quantitative estimate of drug-likeness (QED) is 0.493. The van der Waals surface area contributed by atoms with Crippen molar-refractivity contribution in [1.82, 2.24) is 0 Å². The molecule has 1 aliphatic heterocycles. The molecule has 2 aromatic carbocycles. The zero-order valence-corrected chi connectivity index (χ0v) is 16.8. The molecule has 0 spiro atoms. The molecule has 0 saturated heterocycles. The van der Waals surface area contributed by atoms with Crippen molar-refractivity contribution in [3.63, 3.8) is 0 Å². The number of ether oxygens (including phenoxy) is 2. The van der Waals surface area contributed by atoms with Crippen LogP contribution in [0.1, 0.15) is 12.0 Å². The van der Waals surface area contributed by atoms with Crippen LogP contribution in [0.5, 0.6) is 5.75 Å². The zero-order chi connectivity index (χ0) is 21.3. The van der Waals surface area contributed by atoms with Gasteiger partial charge in [-0.25, -0.2) is 4.79 Å². The van der Waals surface area contributed by atoms with Crippen molar-refractivity contribution >= 4 is 40.9 Å². The summed E-state index contributed by atoms with van der Waals surface area (Å²) < 4.78 is 10.4. The van der Waals surface area contributed by atoms with Crippen LogP contribution in [0.25, 0.3) is 0 Å². The first kappa shape index (κ1) is 21.2. The molecule has 2 amide bonds. The third kappa shape index (κ3) is 5.99. The lowest BCUT2D eigenvalue weighted by molar-refractivity contribution is -0.149. The van der Waals surface area contributed by atoms with E-state index < -0.39 is 18.5 Å². The SMILES string of the molecule is N#CCSc1ccccc1NC(=O)COC(=O)COc1ccc2c(c1)CCC(=O)N2. The van der Waals surface area contributed by atoms with Crippen LogP contribution in [0, 0.1) is 11.3 Å². The summed E-state index contributed by atoms with van der Waals surface area (Å²) in [6.07, 6.45) is 1.02. The van der Waals surface area contributed by atoms with E-state index >= 15 is 0 Å². The molecule has 0 aliphatic carbocycles. The minimum absolute atomic E-state index is 0.0238. The first-order valence-corrected chi connectivity index (χ1v) is 10.1. The molecule has 2 N–H and O–H groups in total. The minimum atomic E-state index is -0.677. The molecule has 1 heterocycles. The number of esters is 1. The summed E-state index contributed by atoms with van der Waals surface area (Å²) in [7, 11) is 0. The Labute approximate surface area is 177 Å². The molecule has 2 aromatic rings. The lowest BCUT2D eigenvalue weighted by atomic mass is 10.0. The lowest BCUT2D eigenvalue weighted by Crippen LogP contribution is -2.24. The molecule has 8 nitrogen and oxygen atoms in total. The van der Waals surface area contributed by atoms with Crippen LogP contribution in [0.15, 0.2) is 47.4 Å². The number of thioether (sulfide) groups is 1. The van der Waals surface area contributed by atoms with Gasteiger partial charge in [0.15, 0.2) is 13.2 Å². The van der Waals surface area contributed by atoms with Gasteiger partial charge in [-0.2, -0.15) is 5.26 Å². The van der Waals surface area contributed by atoms with E-state index in [1.165, 1.54) is 11.8 Å². The molecule has 0 radical (unpaired) electrons. The van der Waals surface area contributed by atoms with E-state index in [4.69, 9.17) is 14.7 Å². The normalized spacial score (nSPS) is 12.2. The Morgan fingerprint density at radius 3 is 2.83 bits per heavy atom.